The van der Waals surface area contributed by atoms with Crippen LogP contribution in [0.3, 0.4) is 0 Å². The molecule has 2 heterocycles. The molecule has 2 aromatic rings. The van der Waals surface area contributed by atoms with E-state index in [2.05, 4.69) is 26.5 Å². The predicted molar refractivity (Wildman–Crippen MR) is 72.5 cm³/mol. The fourth-order valence-corrected chi connectivity index (χ4v) is 1.62. The lowest BCUT2D eigenvalue weighted by molar-refractivity contribution is 1.10. The lowest BCUT2D eigenvalue weighted by atomic mass is 10.1. The largest absolute Gasteiger partial charge is 0.368 e. The van der Waals surface area contributed by atoms with E-state index >= 15 is 0 Å². The van der Waals surface area contributed by atoms with Crippen molar-refractivity contribution in [1.82, 2.24) is 19.9 Å². The van der Waals surface area contributed by atoms with Crippen molar-refractivity contribution < 1.29 is 0 Å². The molecular formula is C13H15N5. The van der Waals surface area contributed by atoms with E-state index in [9.17, 15) is 0 Å². The lowest BCUT2D eigenvalue weighted by Gasteiger charge is -2.06. The highest BCUT2D eigenvalue weighted by Gasteiger charge is 2.04. The Morgan fingerprint density at radius 1 is 1.50 bits per heavy atom. The molecule has 0 spiro atoms. The molecular weight excluding hydrogens is 226 g/mol. The summed E-state index contributed by atoms with van der Waals surface area (Å²) in [7, 11) is 0. The minimum atomic E-state index is 0.287. The molecule has 0 radical (unpaired) electrons. The molecule has 5 nitrogen and oxygen atoms in total. The van der Waals surface area contributed by atoms with Crippen LogP contribution in [-0.2, 0) is 0 Å². The molecule has 3 N–H and O–H groups in total. The SMILES string of the molecule is C=C(C/C=C\c1ncc[nH]1)c1cnc(N)nc1C. The maximum Gasteiger partial charge on any atom is 0.220 e. The van der Waals surface area contributed by atoms with Crippen LogP contribution in [0.4, 0.5) is 5.95 Å². The van der Waals surface area contributed by atoms with Crippen molar-refractivity contribution in [1.29, 1.82) is 0 Å². The number of H-pyrrole nitrogens is 1. The summed E-state index contributed by atoms with van der Waals surface area (Å²) in [5.41, 5.74) is 8.25. The number of nitrogen functional groups attached to an aromatic ring is 1. The zero-order valence-corrected chi connectivity index (χ0v) is 10.2. The number of rotatable bonds is 4. The van der Waals surface area contributed by atoms with Gasteiger partial charge in [0, 0.05) is 24.2 Å². The van der Waals surface area contributed by atoms with E-state index in [1.807, 2.05) is 19.1 Å². The summed E-state index contributed by atoms with van der Waals surface area (Å²) in [6.07, 6.45) is 9.84. The highest BCUT2D eigenvalue weighted by molar-refractivity contribution is 5.66. The van der Waals surface area contributed by atoms with Crippen molar-refractivity contribution >= 4 is 17.6 Å². The quantitative estimate of drug-likeness (QED) is 0.860. The molecule has 92 valence electrons. The standard InChI is InChI=1S/C13H15N5/c1-9(4-3-5-12-15-6-7-16-12)11-8-17-13(14)18-10(11)2/h3,5-8H,1,4H2,2H3,(H,15,16)(H2,14,17,18)/b5-3-. The molecule has 18 heavy (non-hydrogen) atoms. The average Bonchev–Trinajstić information content (AvgIpc) is 2.81. The van der Waals surface area contributed by atoms with Gasteiger partial charge in [-0.15, -0.1) is 0 Å². The van der Waals surface area contributed by atoms with E-state index < -0.39 is 0 Å². The zero-order chi connectivity index (χ0) is 13.0. The molecule has 0 aliphatic heterocycles. The van der Waals surface area contributed by atoms with Crippen molar-refractivity contribution in [3.63, 3.8) is 0 Å². The predicted octanol–water partition coefficient (Wildman–Crippen LogP) is 2.21. The first-order valence-corrected chi connectivity index (χ1v) is 5.60. The van der Waals surface area contributed by atoms with E-state index in [1.165, 1.54) is 0 Å². The molecule has 0 bridgehead atoms. The highest BCUT2D eigenvalue weighted by atomic mass is 15.0. The summed E-state index contributed by atoms with van der Waals surface area (Å²) < 4.78 is 0. The van der Waals surface area contributed by atoms with Gasteiger partial charge in [0.1, 0.15) is 5.82 Å². The van der Waals surface area contributed by atoms with E-state index in [-0.39, 0.29) is 5.95 Å². The highest BCUT2D eigenvalue weighted by Crippen LogP contribution is 2.19. The third-order valence-electron chi connectivity index (χ3n) is 2.54. The third kappa shape index (κ3) is 2.82. The fraction of sp³-hybridized carbons (Fsp3) is 0.154. The summed E-state index contributed by atoms with van der Waals surface area (Å²) in [6.45, 7) is 5.93. The third-order valence-corrected chi connectivity index (χ3v) is 2.54. The number of nitrogens with zero attached hydrogens (tertiary/aromatic N) is 3. The minimum absolute atomic E-state index is 0.287. The van der Waals surface area contributed by atoms with Crippen molar-refractivity contribution in [2.24, 2.45) is 0 Å². The molecule has 0 saturated carbocycles. The summed E-state index contributed by atoms with van der Waals surface area (Å²) in [5.74, 6) is 1.11. The van der Waals surface area contributed by atoms with Gasteiger partial charge in [-0.2, -0.15) is 0 Å². The first-order chi connectivity index (χ1) is 8.66. The van der Waals surface area contributed by atoms with Crippen LogP contribution in [-0.4, -0.2) is 19.9 Å². The van der Waals surface area contributed by atoms with Crippen LogP contribution in [0, 0.1) is 6.92 Å². The fourth-order valence-electron chi connectivity index (χ4n) is 1.62. The smallest absolute Gasteiger partial charge is 0.220 e. The summed E-state index contributed by atoms with van der Waals surface area (Å²) in [5, 5.41) is 0. The number of hydrogen-bond acceptors (Lipinski definition) is 4. The van der Waals surface area contributed by atoms with Gasteiger partial charge in [-0.25, -0.2) is 15.0 Å². The molecule has 0 aliphatic rings. The van der Waals surface area contributed by atoms with Gasteiger partial charge in [0.15, 0.2) is 0 Å². The van der Waals surface area contributed by atoms with Crippen LogP contribution >= 0.6 is 0 Å². The van der Waals surface area contributed by atoms with Crippen LogP contribution in [0.1, 0.15) is 23.5 Å². The number of allylic oxidation sites excluding steroid dienone is 2. The number of aromatic amines is 1. The molecule has 0 aliphatic carbocycles. The van der Waals surface area contributed by atoms with Crippen molar-refractivity contribution in [3.8, 4) is 0 Å². The maximum absolute atomic E-state index is 5.51. The van der Waals surface area contributed by atoms with Crippen molar-refractivity contribution in [2.45, 2.75) is 13.3 Å². The van der Waals surface area contributed by atoms with Gasteiger partial charge in [-0.1, -0.05) is 12.7 Å². The first-order valence-electron chi connectivity index (χ1n) is 5.60. The van der Waals surface area contributed by atoms with E-state index in [0.717, 1.165) is 29.1 Å². The van der Waals surface area contributed by atoms with Gasteiger partial charge in [0.05, 0.1) is 5.69 Å². The number of aryl methyl sites for hydroxylation is 1. The molecule has 0 atom stereocenters. The van der Waals surface area contributed by atoms with Gasteiger partial charge in [0.25, 0.3) is 0 Å². The average molecular weight is 241 g/mol. The van der Waals surface area contributed by atoms with E-state index in [0.29, 0.717) is 0 Å². The molecule has 0 fully saturated rings. The maximum atomic E-state index is 5.51. The number of aromatic nitrogens is 4. The summed E-state index contributed by atoms with van der Waals surface area (Å²) >= 11 is 0. The Hall–Kier alpha value is -2.43. The van der Waals surface area contributed by atoms with Gasteiger partial charge in [-0.05, 0) is 25.0 Å². The Morgan fingerprint density at radius 2 is 2.33 bits per heavy atom. The summed E-state index contributed by atoms with van der Waals surface area (Å²) in [6, 6.07) is 0. The minimum Gasteiger partial charge on any atom is -0.368 e. The second-order valence-corrected chi connectivity index (χ2v) is 3.91. The molecule has 0 saturated heterocycles. The number of nitrogens with one attached hydrogen (secondary N) is 1. The Kier molecular flexibility index (Phi) is 3.52. The normalized spacial score (nSPS) is 10.9. The van der Waals surface area contributed by atoms with Crippen LogP contribution < -0.4 is 5.73 Å². The monoisotopic (exact) mass is 241 g/mol. The Balaban J connectivity index is 2.04. The molecule has 2 aromatic heterocycles. The topological polar surface area (TPSA) is 80.5 Å². The van der Waals surface area contributed by atoms with Gasteiger partial charge in [0.2, 0.25) is 5.95 Å². The van der Waals surface area contributed by atoms with Crippen LogP contribution in [0.5, 0.6) is 0 Å². The Labute approximate surface area is 106 Å². The lowest BCUT2D eigenvalue weighted by Crippen LogP contribution is -1.99. The van der Waals surface area contributed by atoms with Gasteiger partial charge >= 0.3 is 0 Å². The molecule has 0 unspecified atom stereocenters. The van der Waals surface area contributed by atoms with Crippen molar-refractivity contribution in [3.05, 3.63) is 48.3 Å². The number of anilines is 1. The number of hydrogen-bond donors (Lipinski definition) is 2. The Bertz CT molecular complexity index is 569. The first kappa shape index (κ1) is 12.0. The van der Waals surface area contributed by atoms with Crippen LogP contribution in [0.2, 0.25) is 0 Å². The second-order valence-electron chi connectivity index (χ2n) is 3.91. The van der Waals surface area contributed by atoms with Crippen molar-refractivity contribution in [2.75, 3.05) is 5.73 Å². The van der Waals surface area contributed by atoms with E-state index in [1.54, 1.807) is 18.6 Å². The second kappa shape index (κ2) is 5.27. The van der Waals surface area contributed by atoms with Gasteiger partial charge < -0.3 is 10.7 Å². The van der Waals surface area contributed by atoms with Crippen LogP contribution in [0.15, 0.2) is 31.2 Å². The molecule has 5 heteroatoms. The van der Waals surface area contributed by atoms with Crippen LogP contribution in [0.25, 0.3) is 11.6 Å². The number of nitrogens with two attached hydrogens (primary N) is 1. The molecule has 2 rings (SSSR count). The summed E-state index contributed by atoms with van der Waals surface area (Å²) in [4.78, 5) is 15.2. The molecule has 0 aromatic carbocycles. The number of imidazole rings is 1. The van der Waals surface area contributed by atoms with Gasteiger partial charge in [-0.3, -0.25) is 0 Å². The zero-order valence-electron chi connectivity index (χ0n) is 10.2. The van der Waals surface area contributed by atoms with E-state index in [4.69, 9.17) is 5.73 Å². The molecule has 0 amide bonds. The Morgan fingerprint density at radius 3 is 3.00 bits per heavy atom.